The van der Waals surface area contributed by atoms with Gasteiger partial charge in [0.1, 0.15) is 18.3 Å². The minimum absolute atomic E-state index is 0. The Labute approximate surface area is 148 Å². The molecule has 88 valence electrons. The van der Waals surface area contributed by atoms with Gasteiger partial charge in [0.05, 0.1) is 6.61 Å². The van der Waals surface area contributed by atoms with Gasteiger partial charge < -0.3 is 30.6 Å². The molecule has 4 atom stereocenters. The summed E-state index contributed by atoms with van der Waals surface area (Å²) in [5.74, 6) is -1.73. The van der Waals surface area contributed by atoms with E-state index in [1.54, 1.807) is 0 Å². The maximum atomic E-state index is 10.1. The number of carboxylic acids is 1. The van der Waals surface area contributed by atoms with E-state index in [0.29, 0.717) is 0 Å². The van der Waals surface area contributed by atoms with Gasteiger partial charge in [-0.2, -0.15) is 0 Å². The van der Waals surface area contributed by atoms with Gasteiger partial charge in [-0.1, -0.05) is 0 Å². The van der Waals surface area contributed by atoms with E-state index in [9.17, 15) is 4.79 Å². The summed E-state index contributed by atoms with van der Waals surface area (Å²) < 4.78 is 0. The predicted octanol–water partition coefficient (Wildman–Crippen LogP) is -5.33. The summed E-state index contributed by atoms with van der Waals surface area (Å²) in [6, 6.07) is 0. The number of hydrogen-bond acceptors (Lipinski definition) is 6. The number of hydrogen-bond donors (Lipinski definition) is 6. The topological polar surface area (TPSA) is 138 Å². The molecule has 0 spiro atoms. The Balaban J connectivity index is -0.000000720. The predicted molar refractivity (Wildman–Crippen MR) is 55.8 cm³/mol. The van der Waals surface area contributed by atoms with Crippen molar-refractivity contribution < 1.29 is 35.4 Å². The van der Waals surface area contributed by atoms with Crippen LogP contribution < -0.4 is 0 Å². The third kappa shape index (κ3) is 7.67. The number of carboxylic acid groups (broad SMARTS) is 1. The molecular formula is C6H16BiKO7. The van der Waals surface area contributed by atoms with Crippen molar-refractivity contribution in [2.24, 2.45) is 0 Å². The maximum absolute atomic E-state index is 10.1. The molecule has 0 aliphatic heterocycles. The van der Waals surface area contributed by atoms with E-state index in [0.717, 1.165) is 0 Å². The summed E-state index contributed by atoms with van der Waals surface area (Å²) in [7, 11) is 0. The molecule has 9 heteroatoms. The quantitative estimate of drug-likeness (QED) is 0.231. The van der Waals surface area contributed by atoms with Crippen LogP contribution in [0.15, 0.2) is 0 Å². The molecule has 7 nitrogen and oxygen atoms in total. The third-order valence-corrected chi connectivity index (χ3v) is 1.51. The molecule has 0 amide bonds. The van der Waals surface area contributed by atoms with Crippen molar-refractivity contribution in [1.29, 1.82) is 0 Å². The molecule has 15 heavy (non-hydrogen) atoms. The van der Waals surface area contributed by atoms with E-state index in [4.69, 9.17) is 30.6 Å². The molecule has 0 aromatic heterocycles. The first-order chi connectivity index (χ1) is 5.91. The average molecular weight is 448 g/mol. The summed E-state index contributed by atoms with van der Waals surface area (Å²) in [5, 5.41) is 51.8. The monoisotopic (exact) mass is 448 g/mol. The van der Waals surface area contributed by atoms with Crippen LogP contribution in [0.4, 0.5) is 0 Å². The van der Waals surface area contributed by atoms with Gasteiger partial charge in [0.25, 0.3) is 0 Å². The van der Waals surface area contributed by atoms with Crippen molar-refractivity contribution in [2.75, 3.05) is 6.61 Å². The molecule has 0 aromatic rings. The molecule has 0 heterocycles. The normalized spacial score (nSPS) is 17.7. The molecule has 0 unspecified atom stereocenters. The second kappa shape index (κ2) is 10.9. The van der Waals surface area contributed by atoms with Gasteiger partial charge in [0.15, 0.2) is 6.10 Å². The Kier molecular flexibility index (Phi) is 16.0. The fourth-order valence-electron chi connectivity index (χ4n) is 0.668. The molecule has 0 bridgehead atoms. The van der Waals surface area contributed by atoms with Crippen molar-refractivity contribution in [1.82, 2.24) is 0 Å². The van der Waals surface area contributed by atoms with Crippen LogP contribution >= 0.6 is 0 Å². The van der Waals surface area contributed by atoms with E-state index >= 15 is 0 Å². The molecule has 0 aliphatic carbocycles. The van der Waals surface area contributed by atoms with E-state index in [1.807, 2.05) is 0 Å². The second-order valence-electron chi connectivity index (χ2n) is 2.51. The van der Waals surface area contributed by atoms with E-state index in [-0.39, 0.29) is 77.6 Å². The summed E-state index contributed by atoms with van der Waals surface area (Å²) in [5.41, 5.74) is 0. The Hall–Kier alpha value is 1.79. The number of aliphatic hydroxyl groups is 5. The van der Waals surface area contributed by atoms with Crippen molar-refractivity contribution in [2.45, 2.75) is 24.4 Å². The van der Waals surface area contributed by atoms with Crippen LogP contribution in [0.1, 0.15) is 0 Å². The van der Waals surface area contributed by atoms with E-state index in [2.05, 4.69) is 0 Å². The SMILES string of the molecule is O=C(O)[C@H](O)[C@@H](O)[C@H](O)[C@H](O)CO.[BiH3].[KH]. The molecule has 0 saturated heterocycles. The molecule has 0 aliphatic rings. The van der Waals surface area contributed by atoms with Crippen LogP contribution in [0, 0.1) is 0 Å². The molecule has 0 aromatic carbocycles. The number of aliphatic hydroxyl groups excluding tert-OH is 5. The first-order valence-electron chi connectivity index (χ1n) is 3.47. The molecule has 0 fully saturated rings. The molecule has 0 rings (SSSR count). The third-order valence-electron chi connectivity index (χ3n) is 1.51. The zero-order valence-electron chi connectivity index (χ0n) is 7.32. The molecule has 0 radical (unpaired) electrons. The standard InChI is InChI=1S/C6H12O7.Bi.K.4H/c7-1-2(8)3(9)4(10)5(11)6(12)13;;;;;;/h2-5,7-11H,1H2,(H,12,13);;;;;;/t2-,3-,4+,5-;;;;;;/m1....../s1. The fourth-order valence-corrected chi connectivity index (χ4v) is 0.668. The van der Waals surface area contributed by atoms with E-state index in [1.165, 1.54) is 0 Å². The van der Waals surface area contributed by atoms with Crippen molar-refractivity contribution >= 4 is 83.6 Å². The van der Waals surface area contributed by atoms with Crippen molar-refractivity contribution in [3.05, 3.63) is 0 Å². The summed E-state index contributed by atoms with van der Waals surface area (Å²) in [6.07, 6.45) is -7.84. The van der Waals surface area contributed by atoms with Crippen LogP contribution in [0.3, 0.4) is 0 Å². The van der Waals surface area contributed by atoms with Crippen LogP contribution in [-0.2, 0) is 4.79 Å². The Morgan fingerprint density at radius 3 is 1.73 bits per heavy atom. The molecule has 6 N–H and O–H groups in total. The molecular weight excluding hydrogens is 432 g/mol. The molecule has 0 saturated carbocycles. The van der Waals surface area contributed by atoms with Gasteiger partial charge in [-0.25, -0.2) is 4.79 Å². The second-order valence-corrected chi connectivity index (χ2v) is 2.51. The Morgan fingerprint density at radius 1 is 1.07 bits per heavy atom. The number of rotatable bonds is 5. The van der Waals surface area contributed by atoms with Gasteiger partial charge >= 0.3 is 83.6 Å². The Morgan fingerprint density at radius 2 is 1.47 bits per heavy atom. The number of carbonyl (C=O) groups is 1. The average Bonchev–Trinajstić information content (AvgIpc) is 2.12. The first kappa shape index (κ1) is 22.0. The van der Waals surface area contributed by atoms with Crippen LogP contribution in [0.25, 0.3) is 0 Å². The van der Waals surface area contributed by atoms with Gasteiger partial charge in [0, 0.05) is 0 Å². The van der Waals surface area contributed by atoms with E-state index < -0.39 is 37.0 Å². The summed E-state index contributed by atoms with van der Waals surface area (Å²) >= 11 is 0. The van der Waals surface area contributed by atoms with Crippen molar-refractivity contribution in [3.63, 3.8) is 0 Å². The van der Waals surface area contributed by atoms with Gasteiger partial charge in [0.2, 0.25) is 0 Å². The van der Waals surface area contributed by atoms with Crippen molar-refractivity contribution in [3.8, 4) is 0 Å². The van der Waals surface area contributed by atoms with Crippen LogP contribution in [-0.4, -0.2) is 145 Å². The fraction of sp³-hybridized carbons (Fsp3) is 0.833. The van der Waals surface area contributed by atoms with Crippen LogP contribution in [0.2, 0.25) is 0 Å². The Bertz CT molecular complexity index is 181. The number of aliphatic carboxylic acids is 1. The summed E-state index contributed by atoms with van der Waals surface area (Å²) in [4.78, 5) is 10.1. The zero-order chi connectivity index (χ0) is 10.6. The zero-order valence-corrected chi connectivity index (χ0v) is 12.8. The minimum atomic E-state index is -2.20. The van der Waals surface area contributed by atoms with Gasteiger partial charge in [-0.3, -0.25) is 0 Å². The summed E-state index contributed by atoms with van der Waals surface area (Å²) in [6.45, 7) is -0.843. The first-order valence-corrected chi connectivity index (χ1v) is 3.47. The van der Waals surface area contributed by atoms with Gasteiger partial charge in [-0.05, 0) is 0 Å². The van der Waals surface area contributed by atoms with Crippen LogP contribution in [0.5, 0.6) is 0 Å². The van der Waals surface area contributed by atoms with Gasteiger partial charge in [-0.15, -0.1) is 0 Å².